The van der Waals surface area contributed by atoms with Gasteiger partial charge in [0.2, 0.25) is 17.5 Å². The van der Waals surface area contributed by atoms with Gasteiger partial charge in [0.25, 0.3) is 0 Å². The Morgan fingerprint density at radius 3 is 1.59 bits per heavy atom. The van der Waals surface area contributed by atoms with Gasteiger partial charge in [0, 0.05) is 5.41 Å². The molecule has 0 bridgehead atoms. The molecule has 0 aliphatic heterocycles. The van der Waals surface area contributed by atoms with Crippen LogP contribution in [0.5, 0.6) is 0 Å². The van der Waals surface area contributed by atoms with Crippen molar-refractivity contribution >= 4 is 0 Å². The molecule has 0 aliphatic carbocycles. The maximum atomic E-state index is 13.4. The molecule has 0 aromatic rings. The van der Waals surface area contributed by atoms with Gasteiger partial charge in [0.05, 0.1) is 0 Å². The number of hydrogen-bond donors (Lipinski definition) is 0. The van der Waals surface area contributed by atoms with E-state index in [2.05, 4.69) is 0 Å². The smallest absolute Gasteiger partial charge is 0.202 e. The quantitative estimate of drug-likeness (QED) is 0.478. The van der Waals surface area contributed by atoms with Crippen LogP contribution in [-0.2, 0) is 0 Å². The van der Waals surface area contributed by atoms with Gasteiger partial charge < -0.3 is 0 Å². The Hall–Kier alpha value is -1.01. The van der Waals surface area contributed by atoms with Gasteiger partial charge in [-0.05, 0) is 6.42 Å². The first-order valence-electron chi connectivity index (χ1n) is 4.63. The summed E-state index contributed by atoms with van der Waals surface area (Å²) in [6, 6.07) is 0. The zero-order valence-corrected chi connectivity index (χ0v) is 9.35. The van der Waals surface area contributed by atoms with Crippen molar-refractivity contribution in [3.05, 3.63) is 23.6 Å². The largest absolute Gasteiger partial charge is 0.308 e. The fourth-order valence-electron chi connectivity index (χ4n) is 0.836. The number of allylic oxidation sites excluding steroid dienone is 3. The molecule has 0 heterocycles. The fraction of sp³-hybridized carbons (Fsp3) is 0.600. The van der Waals surface area contributed by atoms with E-state index in [-0.39, 0.29) is 6.42 Å². The number of rotatable bonds is 4. The first-order chi connectivity index (χ1) is 7.49. The molecule has 0 fully saturated rings. The topological polar surface area (TPSA) is 0 Å². The molecular formula is C10H11F7. The van der Waals surface area contributed by atoms with Crippen molar-refractivity contribution in [2.24, 2.45) is 5.41 Å². The lowest BCUT2D eigenvalue weighted by Gasteiger charge is -2.31. The zero-order chi connectivity index (χ0) is 14.0. The molecular weight excluding hydrogens is 253 g/mol. The molecule has 0 nitrogen and oxygen atoms in total. The second-order valence-corrected chi connectivity index (χ2v) is 4.01. The van der Waals surface area contributed by atoms with Crippen LogP contribution in [-0.4, -0.2) is 5.92 Å². The van der Waals surface area contributed by atoms with Crippen molar-refractivity contribution in [1.29, 1.82) is 0 Å². The average Bonchev–Trinajstić information content (AvgIpc) is 2.25. The van der Waals surface area contributed by atoms with Crippen LogP contribution < -0.4 is 0 Å². The van der Waals surface area contributed by atoms with Gasteiger partial charge in [-0.15, -0.1) is 0 Å². The molecule has 0 radical (unpaired) electrons. The standard InChI is InChI=1S/C10H11F7/c1-4-9(2,3)10(16,17)7(13)5(11)6(12)8(14)15/h4H2,1-3H3. The SMILES string of the molecule is CCC(C)(C)C(F)(F)C(F)=C(F)C(F)=C(F)F. The van der Waals surface area contributed by atoms with Crippen molar-refractivity contribution in [1.82, 2.24) is 0 Å². The third-order valence-electron chi connectivity index (χ3n) is 2.56. The van der Waals surface area contributed by atoms with E-state index in [0.717, 1.165) is 13.8 Å². The van der Waals surface area contributed by atoms with Crippen LogP contribution in [0.4, 0.5) is 30.7 Å². The Morgan fingerprint density at radius 2 is 1.29 bits per heavy atom. The van der Waals surface area contributed by atoms with Gasteiger partial charge in [-0.1, -0.05) is 20.8 Å². The normalized spacial score (nSPS) is 14.5. The Kier molecular flexibility index (Phi) is 4.79. The van der Waals surface area contributed by atoms with Crippen molar-refractivity contribution in [2.45, 2.75) is 33.1 Å². The Balaban J connectivity index is 5.66. The van der Waals surface area contributed by atoms with Gasteiger partial charge in [-0.25, -0.2) is 8.78 Å². The molecule has 0 spiro atoms. The summed E-state index contributed by atoms with van der Waals surface area (Å²) in [5, 5.41) is 0. The molecule has 0 aromatic carbocycles. The Morgan fingerprint density at radius 1 is 0.882 bits per heavy atom. The van der Waals surface area contributed by atoms with E-state index in [4.69, 9.17) is 0 Å². The molecule has 17 heavy (non-hydrogen) atoms. The lowest BCUT2D eigenvalue weighted by atomic mass is 9.82. The molecule has 0 aliphatic rings. The van der Waals surface area contributed by atoms with Crippen LogP contribution in [0, 0.1) is 5.41 Å². The summed E-state index contributed by atoms with van der Waals surface area (Å²) >= 11 is 0. The predicted molar refractivity (Wildman–Crippen MR) is 48.6 cm³/mol. The van der Waals surface area contributed by atoms with E-state index in [1.807, 2.05) is 0 Å². The van der Waals surface area contributed by atoms with Gasteiger partial charge in [-0.2, -0.15) is 22.0 Å². The van der Waals surface area contributed by atoms with E-state index in [1.54, 1.807) is 0 Å². The van der Waals surface area contributed by atoms with E-state index in [1.165, 1.54) is 6.92 Å². The summed E-state index contributed by atoms with van der Waals surface area (Å²) < 4.78 is 88.0. The van der Waals surface area contributed by atoms with Gasteiger partial charge >= 0.3 is 12.0 Å². The second-order valence-electron chi connectivity index (χ2n) is 4.01. The molecule has 0 atom stereocenters. The monoisotopic (exact) mass is 264 g/mol. The summed E-state index contributed by atoms with van der Waals surface area (Å²) in [6.07, 6.45) is -3.45. The highest BCUT2D eigenvalue weighted by atomic mass is 19.3. The van der Waals surface area contributed by atoms with Crippen molar-refractivity contribution in [3.8, 4) is 0 Å². The van der Waals surface area contributed by atoms with Crippen LogP contribution in [0.15, 0.2) is 23.6 Å². The van der Waals surface area contributed by atoms with Gasteiger partial charge in [0.15, 0.2) is 0 Å². The third-order valence-corrected chi connectivity index (χ3v) is 2.56. The first-order valence-corrected chi connectivity index (χ1v) is 4.63. The summed E-state index contributed by atoms with van der Waals surface area (Å²) in [6.45, 7) is 3.10. The lowest BCUT2D eigenvalue weighted by Crippen LogP contribution is -2.37. The van der Waals surface area contributed by atoms with Crippen LogP contribution >= 0.6 is 0 Å². The fourth-order valence-corrected chi connectivity index (χ4v) is 0.836. The molecule has 7 heteroatoms. The summed E-state index contributed by atoms with van der Waals surface area (Å²) in [4.78, 5) is 0. The summed E-state index contributed by atoms with van der Waals surface area (Å²) in [5.74, 6) is -13.0. The number of halogens is 7. The highest BCUT2D eigenvalue weighted by Gasteiger charge is 2.51. The summed E-state index contributed by atoms with van der Waals surface area (Å²) in [5.41, 5.74) is -2.03. The maximum absolute atomic E-state index is 13.4. The highest BCUT2D eigenvalue weighted by Crippen LogP contribution is 2.47. The minimum absolute atomic E-state index is 0.260. The number of hydrogen-bond acceptors (Lipinski definition) is 0. The number of alkyl halides is 2. The van der Waals surface area contributed by atoms with Gasteiger partial charge in [-0.3, -0.25) is 0 Å². The van der Waals surface area contributed by atoms with Crippen molar-refractivity contribution in [3.63, 3.8) is 0 Å². The van der Waals surface area contributed by atoms with Gasteiger partial charge in [0.1, 0.15) is 0 Å². The molecule has 100 valence electrons. The molecule has 0 N–H and O–H groups in total. The molecule has 0 rings (SSSR count). The molecule has 0 saturated carbocycles. The van der Waals surface area contributed by atoms with E-state index < -0.39 is 34.9 Å². The minimum Gasteiger partial charge on any atom is -0.202 e. The summed E-state index contributed by atoms with van der Waals surface area (Å²) in [7, 11) is 0. The predicted octanol–water partition coefficient (Wildman–Crippen LogP) is 5.29. The average molecular weight is 264 g/mol. The van der Waals surface area contributed by atoms with Crippen LogP contribution in [0.1, 0.15) is 27.2 Å². The zero-order valence-electron chi connectivity index (χ0n) is 9.35. The lowest BCUT2D eigenvalue weighted by molar-refractivity contribution is -0.0914. The molecule has 0 unspecified atom stereocenters. The van der Waals surface area contributed by atoms with E-state index in [9.17, 15) is 30.7 Å². The first kappa shape index (κ1) is 16.0. The third kappa shape index (κ3) is 3.01. The molecule has 0 aromatic heterocycles. The van der Waals surface area contributed by atoms with Crippen LogP contribution in [0.25, 0.3) is 0 Å². The minimum atomic E-state index is -4.38. The van der Waals surface area contributed by atoms with Crippen LogP contribution in [0.3, 0.4) is 0 Å². The molecule has 0 amide bonds. The van der Waals surface area contributed by atoms with E-state index >= 15 is 0 Å². The maximum Gasteiger partial charge on any atom is 0.308 e. The Labute approximate surface area is 93.8 Å². The molecule has 0 saturated heterocycles. The van der Waals surface area contributed by atoms with Crippen LogP contribution in [0.2, 0.25) is 0 Å². The Bertz CT molecular complexity index is 348. The second kappa shape index (κ2) is 5.10. The van der Waals surface area contributed by atoms with E-state index in [0.29, 0.717) is 0 Å². The van der Waals surface area contributed by atoms with Crippen molar-refractivity contribution < 1.29 is 30.7 Å². The van der Waals surface area contributed by atoms with Crippen molar-refractivity contribution in [2.75, 3.05) is 0 Å². The highest BCUT2D eigenvalue weighted by molar-refractivity contribution is 5.27.